The summed E-state index contributed by atoms with van der Waals surface area (Å²) in [5, 5.41) is 0. The van der Waals surface area contributed by atoms with Crippen molar-refractivity contribution in [2.45, 2.75) is 59.0 Å². The zero-order valence-electron chi connectivity index (χ0n) is 15.8. The summed E-state index contributed by atoms with van der Waals surface area (Å²) in [6, 6.07) is 0. The van der Waals surface area contributed by atoms with Crippen LogP contribution < -0.4 is 0 Å². The Bertz CT molecular complexity index is 684. The van der Waals surface area contributed by atoms with Crippen LogP contribution in [0.1, 0.15) is 67.1 Å². The van der Waals surface area contributed by atoms with Gasteiger partial charge in [-0.1, -0.05) is 6.58 Å². The van der Waals surface area contributed by atoms with E-state index in [-0.39, 0.29) is 17.8 Å². The lowest BCUT2D eigenvalue weighted by Crippen LogP contribution is -2.41. The molecule has 0 unspecified atom stereocenters. The summed E-state index contributed by atoms with van der Waals surface area (Å²) in [5.74, 6) is 0.628. The molecule has 2 heterocycles. The van der Waals surface area contributed by atoms with Crippen LogP contribution in [-0.2, 0) is 4.74 Å². The van der Waals surface area contributed by atoms with Crippen LogP contribution in [0.2, 0.25) is 0 Å². The number of amides is 1. The topological polar surface area (TPSA) is 72.4 Å². The van der Waals surface area contributed by atoms with E-state index in [0.717, 1.165) is 18.5 Å². The summed E-state index contributed by atoms with van der Waals surface area (Å²) in [7, 11) is 0. The first-order valence-electron chi connectivity index (χ1n) is 8.62. The molecule has 1 amide bonds. The van der Waals surface area contributed by atoms with E-state index in [0.29, 0.717) is 30.2 Å². The van der Waals surface area contributed by atoms with Crippen LogP contribution in [0, 0.1) is 13.8 Å². The molecule has 0 atom stereocenters. The molecule has 0 N–H and O–H groups in total. The Morgan fingerprint density at radius 3 is 2.32 bits per heavy atom. The van der Waals surface area contributed by atoms with Crippen molar-refractivity contribution in [1.82, 2.24) is 14.9 Å². The maximum atomic E-state index is 12.3. The SMILES string of the molecule is C=CC(=O)c1c(C)nc(C)nc1C1CCN(C(=O)OC(C)(C)C)CC1. The second-order valence-corrected chi connectivity index (χ2v) is 7.43. The van der Waals surface area contributed by atoms with Crippen molar-refractivity contribution in [2.75, 3.05) is 13.1 Å². The Labute approximate surface area is 149 Å². The predicted molar refractivity (Wildman–Crippen MR) is 95.8 cm³/mol. The molecule has 1 saturated heterocycles. The van der Waals surface area contributed by atoms with Gasteiger partial charge in [0.25, 0.3) is 0 Å². The maximum absolute atomic E-state index is 12.3. The van der Waals surface area contributed by atoms with Crippen molar-refractivity contribution in [3.63, 3.8) is 0 Å². The Morgan fingerprint density at radius 1 is 1.20 bits per heavy atom. The molecule has 25 heavy (non-hydrogen) atoms. The Morgan fingerprint density at radius 2 is 1.80 bits per heavy atom. The van der Waals surface area contributed by atoms with Crippen LogP contribution in [0.25, 0.3) is 0 Å². The number of carbonyl (C=O) groups excluding carboxylic acids is 2. The molecule has 1 aromatic heterocycles. The van der Waals surface area contributed by atoms with Gasteiger partial charge in [-0.05, 0) is 53.5 Å². The smallest absolute Gasteiger partial charge is 0.410 e. The molecule has 0 radical (unpaired) electrons. The Kier molecular flexibility index (Phi) is 5.60. The van der Waals surface area contributed by atoms with Crippen molar-refractivity contribution in [1.29, 1.82) is 0 Å². The monoisotopic (exact) mass is 345 g/mol. The summed E-state index contributed by atoms with van der Waals surface area (Å²) >= 11 is 0. The third-order valence-electron chi connectivity index (χ3n) is 4.19. The number of aryl methyl sites for hydroxylation is 2. The highest BCUT2D eigenvalue weighted by Gasteiger charge is 2.30. The summed E-state index contributed by atoms with van der Waals surface area (Å²) in [5.41, 5.74) is 1.51. The van der Waals surface area contributed by atoms with Crippen molar-refractivity contribution < 1.29 is 14.3 Å². The van der Waals surface area contributed by atoms with Gasteiger partial charge in [0.15, 0.2) is 5.78 Å². The standard InChI is InChI=1S/C19H27N3O3/c1-7-15(23)16-12(2)20-13(3)21-17(16)14-8-10-22(11-9-14)18(24)25-19(4,5)6/h7,14H,1,8-11H2,2-6H3. The number of allylic oxidation sites excluding steroid dienone is 1. The molecule has 0 aromatic carbocycles. The van der Waals surface area contributed by atoms with Gasteiger partial charge >= 0.3 is 6.09 Å². The van der Waals surface area contributed by atoms with E-state index < -0.39 is 5.60 Å². The molecule has 2 rings (SSSR count). The third kappa shape index (κ3) is 4.65. The normalized spacial score (nSPS) is 15.8. The fraction of sp³-hybridized carbons (Fsp3) is 0.579. The third-order valence-corrected chi connectivity index (χ3v) is 4.19. The highest BCUT2D eigenvalue weighted by molar-refractivity contribution is 6.05. The molecular formula is C19H27N3O3. The van der Waals surface area contributed by atoms with Gasteiger partial charge in [0.05, 0.1) is 17.0 Å². The molecule has 6 heteroatoms. The lowest BCUT2D eigenvalue weighted by molar-refractivity contribution is 0.0203. The van der Waals surface area contributed by atoms with Gasteiger partial charge in [-0.2, -0.15) is 0 Å². The summed E-state index contributed by atoms with van der Waals surface area (Å²) in [6.07, 6.45) is 2.50. The molecule has 1 aliphatic heterocycles. The van der Waals surface area contributed by atoms with Crippen molar-refractivity contribution in [3.05, 3.63) is 35.4 Å². The maximum Gasteiger partial charge on any atom is 0.410 e. The van der Waals surface area contributed by atoms with Crippen molar-refractivity contribution >= 4 is 11.9 Å². The molecular weight excluding hydrogens is 318 g/mol. The second kappa shape index (κ2) is 7.33. The number of nitrogens with zero attached hydrogens (tertiary/aromatic N) is 3. The quantitative estimate of drug-likeness (QED) is 0.618. The van der Waals surface area contributed by atoms with E-state index in [4.69, 9.17) is 4.74 Å². The average Bonchev–Trinajstić information content (AvgIpc) is 2.52. The van der Waals surface area contributed by atoms with E-state index in [1.165, 1.54) is 6.08 Å². The van der Waals surface area contributed by atoms with Crippen LogP contribution in [-0.4, -0.2) is 45.4 Å². The van der Waals surface area contributed by atoms with E-state index >= 15 is 0 Å². The van der Waals surface area contributed by atoms with Gasteiger partial charge < -0.3 is 9.64 Å². The van der Waals surface area contributed by atoms with Gasteiger partial charge in [0.2, 0.25) is 0 Å². The van der Waals surface area contributed by atoms with Gasteiger partial charge in [-0.15, -0.1) is 0 Å². The fourth-order valence-electron chi connectivity index (χ4n) is 3.10. The summed E-state index contributed by atoms with van der Waals surface area (Å²) in [4.78, 5) is 35.0. The predicted octanol–water partition coefficient (Wildman–Crippen LogP) is 3.58. The minimum absolute atomic E-state index is 0.123. The average molecular weight is 345 g/mol. The summed E-state index contributed by atoms with van der Waals surface area (Å²) in [6.45, 7) is 14.0. The van der Waals surface area contributed by atoms with Crippen LogP contribution in [0.15, 0.2) is 12.7 Å². The molecule has 136 valence electrons. The molecule has 0 spiro atoms. The number of hydrogen-bond acceptors (Lipinski definition) is 5. The Balaban J connectivity index is 2.17. The number of ether oxygens (including phenoxy) is 1. The zero-order valence-corrected chi connectivity index (χ0v) is 15.8. The van der Waals surface area contributed by atoms with Crippen LogP contribution in [0.5, 0.6) is 0 Å². The first-order valence-corrected chi connectivity index (χ1v) is 8.62. The number of carbonyl (C=O) groups is 2. The number of likely N-dealkylation sites (tertiary alicyclic amines) is 1. The number of piperidine rings is 1. The molecule has 1 fully saturated rings. The lowest BCUT2D eigenvalue weighted by atomic mass is 9.88. The zero-order chi connectivity index (χ0) is 18.8. The van der Waals surface area contributed by atoms with Gasteiger partial charge in [0.1, 0.15) is 11.4 Å². The summed E-state index contributed by atoms with van der Waals surface area (Å²) < 4.78 is 5.43. The fourth-order valence-corrected chi connectivity index (χ4v) is 3.10. The van der Waals surface area contributed by atoms with Gasteiger partial charge in [-0.3, -0.25) is 4.79 Å². The van der Waals surface area contributed by atoms with Gasteiger partial charge in [0, 0.05) is 19.0 Å². The molecule has 0 bridgehead atoms. The van der Waals surface area contributed by atoms with Crippen molar-refractivity contribution in [2.24, 2.45) is 0 Å². The van der Waals surface area contributed by atoms with Gasteiger partial charge in [-0.25, -0.2) is 14.8 Å². The minimum atomic E-state index is -0.502. The largest absolute Gasteiger partial charge is 0.444 e. The number of hydrogen-bond donors (Lipinski definition) is 0. The molecule has 0 aliphatic carbocycles. The highest BCUT2D eigenvalue weighted by Crippen LogP contribution is 2.31. The first kappa shape index (κ1) is 19.1. The van der Waals surface area contributed by atoms with E-state index in [9.17, 15) is 9.59 Å². The van der Waals surface area contributed by atoms with E-state index in [2.05, 4.69) is 16.5 Å². The first-order chi connectivity index (χ1) is 11.6. The highest BCUT2D eigenvalue weighted by atomic mass is 16.6. The van der Waals surface area contributed by atoms with Crippen LogP contribution >= 0.6 is 0 Å². The molecule has 0 saturated carbocycles. The Hall–Kier alpha value is -2.24. The second-order valence-electron chi connectivity index (χ2n) is 7.43. The molecule has 6 nitrogen and oxygen atoms in total. The van der Waals surface area contributed by atoms with Crippen LogP contribution in [0.3, 0.4) is 0 Å². The van der Waals surface area contributed by atoms with E-state index in [1.54, 1.807) is 4.90 Å². The molecule has 1 aromatic rings. The molecule has 1 aliphatic rings. The number of rotatable bonds is 3. The number of ketones is 1. The lowest BCUT2D eigenvalue weighted by Gasteiger charge is -2.33. The minimum Gasteiger partial charge on any atom is -0.444 e. The number of aromatic nitrogens is 2. The van der Waals surface area contributed by atoms with Crippen LogP contribution in [0.4, 0.5) is 4.79 Å². The van der Waals surface area contributed by atoms with Crippen molar-refractivity contribution in [3.8, 4) is 0 Å². The van der Waals surface area contributed by atoms with E-state index in [1.807, 2.05) is 34.6 Å².